The van der Waals surface area contributed by atoms with E-state index in [4.69, 9.17) is 0 Å². The van der Waals surface area contributed by atoms with Crippen LogP contribution in [0.15, 0.2) is 418 Å². The van der Waals surface area contributed by atoms with E-state index in [1.165, 1.54) is 9.13 Å². The lowest BCUT2D eigenvalue weighted by atomic mass is 9.34. The number of para-hydroxylation sites is 6. The first-order valence-electron chi connectivity index (χ1n) is 51.1. The third-order valence-electron chi connectivity index (χ3n) is 25.7. The standard InChI is InChI=1S/C115H69BN4/c1-3-31-70(32-4-1)74-50-29-52-91-80-39-9-7-35-76(80)78-37-11-13-48-89(78)108-104(117-100-57-25-18-44-85(100)86-45-19-26-58-101(86)117)65-63-98-113(108)119(111(74)91)106-68-73(72-61-62-97-93(67-72)84-43-17-24-56-96(84)115(97)94-54-22-15-41-82(94)83-42-16-23-55-95(83)115)69-107-110(106)116(98)99-64-66-105(118-102-59-27-20-46-87(102)88-47-21-28-60-103(88)118)109-90-49-14-12-38-79(90)77-36-8-10-40-81(77)92-53-30-51-75(71-33-5-2-6-34-71)112(92)120(107)114(99)109/h1-69H/i18D,19D,20D,21D,25D,26D,27D,28D,44D,45D,46D,47D,57D,58D,59D,60D,63D,64D,65D,66D,68D,69D. The molecule has 6 heterocycles. The fraction of sp³-hybridized carbons (Fsp3) is 0.00870. The largest absolute Gasteiger partial charge is 0.309 e. The number of hydrogen-bond acceptors (Lipinski definition) is 0. The molecule has 0 radical (unpaired) electrons. The number of hydrogen-bond donors (Lipinski definition) is 0. The third kappa shape index (κ3) is 8.68. The topological polar surface area (TPSA) is 19.7 Å². The molecule has 4 aromatic heterocycles. The van der Waals surface area contributed by atoms with Crippen molar-refractivity contribution in [2.24, 2.45) is 0 Å². The minimum absolute atomic E-state index is 0.00872. The lowest BCUT2D eigenvalue weighted by Crippen LogP contribution is -2.60. The zero-order chi connectivity index (χ0) is 97.3. The zero-order valence-corrected chi connectivity index (χ0v) is 63.5. The summed E-state index contributed by atoms with van der Waals surface area (Å²) in [5, 5.41) is 3.85. The van der Waals surface area contributed by atoms with Crippen molar-refractivity contribution in [3.05, 3.63) is 440 Å². The Hall–Kier alpha value is -15.6. The minimum atomic E-state index is -1.81. The van der Waals surface area contributed by atoms with Crippen LogP contribution in [0.2, 0.25) is 0 Å². The van der Waals surface area contributed by atoms with Crippen molar-refractivity contribution >= 4 is 153 Å². The van der Waals surface area contributed by atoms with Gasteiger partial charge in [0.2, 0.25) is 0 Å². The van der Waals surface area contributed by atoms with Gasteiger partial charge in [0.05, 0.1) is 91.1 Å². The summed E-state index contributed by atoms with van der Waals surface area (Å²) in [6, 6.07) is 78.0. The molecular formula is C115H69BN4. The Morgan fingerprint density at radius 3 is 0.958 bits per heavy atom. The predicted molar refractivity (Wildman–Crippen MR) is 506 cm³/mol. The molecule has 2 aliphatic heterocycles. The molecule has 0 atom stereocenters. The lowest BCUT2D eigenvalue weighted by molar-refractivity contribution is 0.794. The maximum absolute atomic E-state index is 12.6. The molecule has 0 bridgehead atoms. The molecule has 1 spiro atoms. The lowest BCUT2D eigenvalue weighted by Gasteiger charge is -2.37. The molecule has 4 nitrogen and oxygen atoms in total. The van der Waals surface area contributed by atoms with Crippen molar-refractivity contribution in [1.29, 1.82) is 0 Å². The Morgan fingerprint density at radius 1 is 0.217 bits per heavy atom. The van der Waals surface area contributed by atoms with Gasteiger partial charge in [-0.15, -0.1) is 0 Å². The summed E-state index contributed by atoms with van der Waals surface area (Å²) in [5.74, 6) is 0. The number of nitrogens with zero attached hydrogens (tertiary/aromatic N) is 4. The van der Waals surface area contributed by atoms with Crippen LogP contribution in [0.5, 0.6) is 0 Å². The second-order valence-corrected chi connectivity index (χ2v) is 31.3. The first-order valence-corrected chi connectivity index (χ1v) is 40.1. The van der Waals surface area contributed by atoms with Gasteiger partial charge in [0, 0.05) is 65.6 Å². The van der Waals surface area contributed by atoms with Crippen molar-refractivity contribution in [2.75, 3.05) is 0 Å². The molecule has 23 aromatic rings. The van der Waals surface area contributed by atoms with Crippen LogP contribution in [0.3, 0.4) is 0 Å². The van der Waals surface area contributed by atoms with Crippen molar-refractivity contribution in [2.45, 2.75) is 5.41 Å². The summed E-state index contributed by atoms with van der Waals surface area (Å²) in [4.78, 5) is 0. The zero-order valence-electron chi connectivity index (χ0n) is 85.5. The van der Waals surface area contributed by atoms with Gasteiger partial charge in [0.1, 0.15) is 0 Å². The van der Waals surface area contributed by atoms with Crippen LogP contribution in [-0.2, 0) is 5.41 Å². The van der Waals surface area contributed by atoms with E-state index in [9.17, 15) is 30.2 Å². The molecule has 0 saturated carbocycles. The highest BCUT2D eigenvalue weighted by atomic mass is 15.1. The van der Waals surface area contributed by atoms with Gasteiger partial charge in [-0.3, -0.25) is 0 Å². The molecular weight excluding hydrogens is 1450 g/mol. The maximum atomic E-state index is 12.6. The van der Waals surface area contributed by atoms with E-state index in [0.29, 0.717) is 92.7 Å². The van der Waals surface area contributed by atoms with E-state index >= 15 is 0 Å². The Kier molecular flexibility index (Phi) is 9.92. The van der Waals surface area contributed by atoms with E-state index in [2.05, 4.69) is 60.7 Å². The van der Waals surface area contributed by atoms with Gasteiger partial charge in [0.25, 0.3) is 6.71 Å². The van der Waals surface area contributed by atoms with E-state index < -0.39 is 133 Å². The highest BCUT2D eigenvalue weighted by Gasteiger charge is 2.52. The monoisotopic (exact) mass is 1540 g/mol. The number of benzene rings is 19. The van der Waals surface area contributed by atoms with E-state index in [0.717, 1.165) is 44.5 Å². The fourth-order valence-corrected chi connectivity index (χ4v) is 21.1. The van der Waals surface area contributed by atoms with Crippen LogP contribution >= 0.6 is 0 Å². The fourth-order valence-electron chi connectivity index (χ4n) is 21.1. The molecule has 0 saturated heterocycles. The summed E-state index contributed by atoms with van der Waals surface area (Å²) in [6.07, 6.45) is 0. The van der Waals surface area contributed by atoms with Crippen molar-refractivity contribution < 1.29 is 30.2 Å². The smallest absolute Gasteiger partial charge is 0.252 e. The van der Waals surface area contributed by atoms with Crippen LogP contribution in [0.4, 0.5) is 0 Å². The van der Waals surface area contributed by atoms with Gasteiger partial charge in [0.15, 0.2) is 0 Å². The van der Waals surface area contributed by atoms with Gasteiger partial charge >= 0.3 is 0 Å². The molecule has 120 heavy (non-hydrogen) atoms. The van der Waals surface area contributed by atoms with Crippen molar-refractivity contribution in [3.63, 3.8) is 0 Å². The van der Waals surface area contributed by atoms with E-state index in [-0.39, 0.29) is 122 Å². The molecule has 4 aliphatic rings. The molecule has 27 rings (SSSR count). The minimum Gasteiger partial charge on any atom is -0.309 e. The normalized spacial score (nSPS) is 15.6. The molecule has 0 unspecified atom stereocenters. The molecule has 0 N–H and O–H groups in total. The Balaban J connectivity index is 0.992. The second-order valence-electron chi connectivity index (χ2n) is 31.3. The molecule has 2 aliphatic carbocycles. The summed E-state index contributed by atoms with van der Waals surface area (Å²) in [5.41, 5.74) is 8.21. The molecule has 5 heteroatoms. The summed E-state index contributed by atoms with van der Waals surface area (Å²) >= 11 is 0. The Labute approximate surface area is 722 Å². The molecule has 0 fully saturated rings. The molecule has 19 aromatic carbocycles. The average Bonchev–Trinajstić information content (AvgIpc) is 1.19. The predicted octanol–water partition coefficient (Wildman–Crippen LogP) is 27.4. The van der Waals surface area contributed by atoms with Crippen LogP contribution in [0.25, 0.3) is 209 Å². The van der Waals surface area contributed by atoms with Gasteiger partial charge in [-0.05, 0) is 181 Å². The first kappa shape index (κ1) is 48.1. The van der Waals surface area contributed by atoms with Crippen molar-refractivity contribution in [3.8, 4) is 78.4 Å². The van der Waals surface area contributed by atoms with Gasteiger partial charge in [-0.1, -0.05) is 364 Å². The van der Waals surface area contributed by atoms with Crippen molar-refractivity contribution in [1.82, 2.24) is 18.3 Å². The number of fused-ring (bicyclic) bond motifs is 34. The third-order valence-corrected chi connectivity index (χ3v) is 25.7. The highest BCUT2D eigenvalue weighted by Crippen LogP contribution is 2.63. The summed E-state index contributed by atoms with van der Waals surface area (Å²) in [7, 11) is 0. The average molecular weight is 1540 g/mol. The van der Waals surface area contributed by atoms with Crippen LogP contribution in [0.1, 0.15) is 52.4 Å². The van der Waals surface area contributed by atoms with Gasteiger partial charge in [-0.2, -0.15) is 0 Å². The summed E-state index contributed by atoms with van der Waals surface area (Å²) in [6.45, 7) is -1.81. The van der Waals surface area contributed by atoms with Crippen LogP contribution < -0.4 is 16.4 Å². The number of rotatable bonds is 5. The van der Waals surface area contributed by atoms with Crippen LogP contribution in [0, 0.1) is 0 Å². The van der Waals surface area contributed by atoms with E-state index in [1.54, 1.807) is 12.1 Å². The maximum Gasteiger partial charge on any atom is 0.252 e. The van der Waals surface area contributed by atoms with Crippen LogP contribution in [-0.4, -0.2) is 25.0 Å². The van der Waals surface area contributed by atoms with E-state index in [1.807, 2.05) is 221 Å². The Morgan fingerprint density at radius 2 is 0.542 bits per heavy atom. The quantitative estimate of drug-likeness (QED) is 0.153. The second kappa shape index (κ2) is 24.7. The van der Waals surface area contributed by atoms with Gasteiger partial charge < -0.3 is 18.3 Å². The van der Waals surface area contributed by atoms with Gasteiger partial charge in [-0.25, -0.2) is 0 Å². The molecule has 0 amide bonds. The molecule has 552 valence electrons. The SMILES string of the molecule is [2H]c1c(-c2ccc3c(c2)-c2ccccc2C32c3ccccc3-c3ccccc32)c([2H])c2c3c1-n1c4c(-c5ccccc5)cccc4c4ccccc4c4ccccc4c4c(-n5c6c([2H])c([2H])c([2H])c([2H])c6c6c([2H])c([2H])c([2H])c([2H])c65)c([2H])c([2H])c(c41)B3c1c([2H])c([2H])c(-n3c4c([2H])c([2H])c([2H])c([2H])c4c4c([2H])c([2H])c([2H])c([2H])c43)c3c4ccccc4c4ccccc4c4cccc(-c5ccccc5)c4n-2c13. The highest BCUT2D eigenvalue weighted by molar-refractivity contribution is 7.00. The number of aromatic nitrogens is 4. The Bertz CT molecular complexity index is 9450. The summed E-state index contributed by atoms with van der Waals surface area (Å²) < 4.78 is 238. The first-order chi connectivity index (χ1) is 68.8.